The van der Waals surface area contributed by atoms with Crippen LogP contribution in [0.25, 0.3) is 0 Å². The van der Waals surface area contributed by atoms with Crippen molar-refractivity contribution in [1.29, 1.82) is 0 Å². The molecule has 5 heteroatoms. The average molecular weight is 160 g/mol. The van der Waals surface area contributed by atoms with Gasteiger partial charge in [-0.1, -0.05) is 0 Å². The molecule has 0 radical (unpaired) electrons. The van der Waals surface area contributed by atoms with Gasteiger partial charge in [0.25, 0.3) is 0 Å². The fraction of sp³-hybridized carbons (Fsp3) is 0.333. The summed E-state index contributed by atoms with van der Waals surface area (Å²) in [5.41, 5.74) is 0. The van der Waals surface area contributed by atoms with Crippen molar-refractivity contribution in [1.82, 2.24) is 0 Å². The Morgan fingerprint density at radius 1 is 1.18 bits per heavy atom. The summed E-state index contributed by atoms with van der Waals surface area (Å²) in [4.78, 5) is 20.6. The number of ether oxygens (including phenoxy) is 3. The highest BCUT2D eigenvalue weighted by atomic mass is 16.7. The molecule has 0 aromatic rings. The van der Waals surface area contributed by atoms with Crippen LogP contribution in [0.2, 0.25) is 0 Å². The predicted octanol–water partition coefficient (Wildman–Crippen LogP) is 0.456. The van der Waals surface area contributed by atoms with Crippen LogP contribution >= 0.6 is 0 Å². The molecule has 0 N–H and O–H groups in total. The third-order valence-electron chi connectivity index (χ3n) is 0.736. The first kappa shape index (κ1) is 9.48. The molecule has 11 heavy (non-hydrogen) atoms. The minimum atomic E-state index is -0.884. The van der Waals surface area contributed by atoms with Crippen LogP contribution in [-0.4, -0.2) is 26.3 Å². The SMILES string of the molecule is COC(=O)C=COC(=O)OC. The van der Waals surface area contributed by atoms with Gasteiger partial charge in [0.05, 0.1) is 20.3 Å². The van der Waals surface area contributed by atoms with E-state index in [-0.39, 0.29) is 0 Å². The van der Waals surface area contributed by atoms with E-state index in [2.05, 4.69) is 14.2 Å². The summed E-state index contributed by atoms with van der Waals surface area (Å²) < 4.78 is 12.5. The van der Waals surface area contributed by atoms with Gasteiger partial charge in [0.15, 0.2) is 0 Å². The molecule has 0 aliphatic heterocycles. The van der Waals surface area contributed by atoms with Crippen LogP contribution in [-0.2, 0) is 19.0 Å². The molecule has 0 fully saturated rings. The second-order valence-corrected chi connectivity index (χ2v) is 1.40. The first-order valence-corrected chi connectivity index (χ1v) is 2.69. The molecule has 0 atom stereocenters. The molecule has 0 amide bonds. The lowest BCUT2D eigenvalue weighted by atomic mass is 10.6. The lowest BCUT2D eigenvalue weighted by Gasteiger charge is -1.93. The third-order valence-corrected chi connectivity index (χ3v) is 0.736. The molecular weight excluding hydrogens is 152 g/mol. The van der Waals surface area contributed by atoms with Gasteiger partial charge in [-0.25, -0.2) is 9.59 Å². The fourth-order valence-corrected chi connectivity index (χ4v) is 0.261. The van der Waals surface area contributed by atoms with Gasteiger partial charge in [0, 0.05) is 0 Å². The minimum Gasteiger partial charge on any atom is -0.466 e. The average Bonchev–Trinajstić information content (AvgIpc) is 2.04. The van der Waals surface area contributed by atoms with Crippen molar-refractivity contribution in [3.63, 3.8) is 0 Å². The van der Waals surface area contributed by atoms with Crippen molar-refractivity contribution in [2.45, 2.75) is 0 Å². The van der Waals surface area contributed by atoms with Crippen molar-refractivity contribution in [2.24, 2.45) is 0 Å². The third kappa shape index (κ3) is 4.95. The van der Waals surface area contributed by atoms with Crippen molar-refractivity contribution in [3.05, 3.63) is 12.3 Å². The highest BCUT2D eigenvalue weighted by Gasteiger charge is 1.96. The number of methoxy groups -OCH3 is 2. The van der Waals surface area contributed by atoms with Crippen LogP contribution in [0.15, 0.2) is 12.3 Å². The summed E-state index contributed by atoms with van der Waals surface area (Å²) in [6.07, 6.45) is 0.958. The van der Waals surface area contributed by atoms with Crippen molar-refractivity contribution in [3.8, 4) is 0 Å². The first-order valence-electron chi connectivity index (χ1n) is 2.69. The molecule has 0 aromatic carbocycles. The van der Waals surface area contributed by atoms with E-state index < -0.39 is 12.1 Å². The second-order valence-electron chi connectivity index (χ2n) is 1.40. The molecular formula is C6H8O5. The summed E-state index contributed by atoms with van der Waals surface area (Å²) in [5.74, 6) is -0.603. The topological polar surface area (TPSA) is 61.8 Å². The first-order chi connectivity index (χ1) is 5.20. The summed E-state index contributed by atoms with van der Waals surface area (Å²) in [5, 5.41) is 0. The number of carbonyl (C=O) groups excluding carboxylic acids is 2. The zero-order valence-electron chi connectivity index (χ0n) is 6.20. The van der Waals surface area contributed by atoms with Crippen molar-refractivity contribution >= 4 is 12.1 Å². The standard InChI is InChI=1S/C6H8O5/c1-9-5(7)3-4-11-6(8)10-2/h3-4H,1-2H3. The quantitative estimate of drug-likeness (QED) is 0.333. The Labute approximate surface area is 63.5 Å². The molecule has 0 spiro atoms. The normalized spacial score (nSPS) is 9.27. The van der Waals surface area contributed by atoms with Gasteiger partial charge in [0.2, 0.25) is 0 Å². The summed E-state index contributed by atoms with van der Waals surface area (Å²) in [6.45, 7) is 0. The van der Waals surface area contributed by atoms with Crippen LogP contribution in [0.4, 0.5) is 4.79 Å². The molecule has 0 saturated carbocycles. The van der Waals surface area contributed by atoms with E-state index in [0.29, 0.717) is 0 Å². The van der Waals surface area contributed by atoms with Gasteiger partial charge >= 0.3 is 12.1 Å². The van der Waals surface area contributed by atoms with Crippen LogP contribution < -0.4 is 0 Å². The van der Waals surface area contributed by atoms with E-state index in [4.69, 9.17) is 0 Å². The smallest absolute Gasteiger partial charge is 0.466 e. The molecule has 0 unspecified atom stereocenters. The summed E-state index contributed by atoms with van der Waals surface area (Å²) in [6, 6.07) is 0. The molecule has 0 heterocycles. The van der Waals surface area contributed by atoms with Gasteiger partial charge in [-0.05, 0) is 0 Å². The zero-order valence-corrected chi connectivity index (χ0v) is 6.20. The maximum absolute atomic E-state index is 10.3. The van der Waals surface area contributed by atoms with Gasteiger partial charge in [-0.2, -0.15) is 0 Å². The van der Waals surface area contributed by atoms with Crippen LogP contribution in [0, 0.1) is 0 Å². The van der Waals surface area contributed by atoms with E-state index in [1.165, 1.54) is 7.11 Å². The number of hydrogen-bond donors (Lipinski definition) is 0. The largest absolute Gasteiger partial charge is 0.512 e. The maximum Gasteiger partial charge on any atom is 0.512 e. The second kappa shape index (κ2) is 5.28. The molecule has 0 bridgehead atoms. The Bertz CT molecular complexity index is 172. The van der Waals surface area contributed by atoms with Crippen molar-refractivity contribution in [2.75, 3.05) is 14.2 Å². The van der Waals surface area contributed by atoms with E-state index >= 15 is 0 Å². The molecule has 0 aliphatic carbocycles. The molecule has 5 nitrogen and oxygen atoms in total. The maximum atomic E-state index is 10.3. The van der Waals surface area contributed by atoms with E-state index in [9.17, 15) is 9.59 Å². The number of rotatable bonds is 2. The fourth-order valence-electron chi connectivity index (χ4n) is 0.261. The van der Waals surface area contributed by atoms with E-state index in [0.717, 1.165) is 19.4 Å². The lowest BCUT2D eigenvalue weighted by molar-refractivity contribution is -0.134. The number of hydrogen-bond acceptors (Lipinski definition) is 5. The Hall–Kier alpha value is -1.52. The van der Waals surface area contributed by atoms with Crippen LogP contribution in [0.1, 0.15) is 0 Å². The Morgan fingerprint density at radius 3 is 2.27 bits per heavy atom. The Morgan fingerprint density at radius 2 is 1.82 bits per heavy atom. The highest BCUT2D eigenvalue weighted by Crippen LogP contribution is 1.84. The summed E-state index contributed by atoms with van der Waals surface area (Å²) >= 11 is 0. The van der Waals surface area contributed by atoms with Gasteiger partial charge in [-0.3, -0.25) is 0 Å². The van der Waals surface area contributed by atoms with E-state index in [1.807, 2.05) is 0 Å². The van der Waals surface area contributed by atoms with Crippen LogP contribution in [0.3, 0.4) is 0 Å². The molecule has 0 aliphatic rings. The monoisotopic (exact) mass is 160 g/mol. The summed E-state index contributed by atoms with van der Waals surface area (Å²) in [7, 11) is 2.37. The zero-order chi connectivity index (χ0) is 8.69. The van der Waals surface area contributed by atoms with Gasteiger partial charge < -0.3 is 14.2 Å². The number of carbonyl (C=O) groups is 2. The van der Waals surface area contributed by atoms with Gasteiger partial charge in [0.1, 0.15) is 6.26 Å². The Kier molecular flexibility index (Phi) is 4.55. The van der Waals surface area contributed by atoms with Crippen molar-refractivity contribution < 1.29 is 23.8 Å². The lowest BCUT2D eigenvalue weighted by Crippen LogP contribution is -2.00. The van der Waals surface area contributed by atoms with Gasteiger partial charge in [-0.15, -0.1) is 0 Å². The molecule has 62 valence electrons. The highest BCUT2D eigenvalue weighted by molar-refractivity contribution is 5.81. The molecule has 0 rings (SSSR count). The van der Waals surface area contributed by atoms with Crippen LogP contribution in [0.5, 0.6) is 0 Å². The predicted molar refractivity (Wildman–Crippen MR) is 34.6 cm³/mol. The number of esters is 1. The minimum absolute atomic E-state index is 0.603. The Balaban J connectivity index is 3.60. The molecule has 0 saturated heterocycles. The van der Waals surface area contributed by atoms with E-state index in [1.54, 1.807) is 0 Å². The molecule has 0 aromatic heterocycles.